The van der Waals surface area contributed by atoms with Gasteiger partial charge in [0.2, 0.25) is 0 Å². The van der Waals surface area contributed by atoms with E-state index in [1.54, 1.807) is 6.07 Å². The lowest BCUT2D eigenvalue weighted by molar-refractivity contribution is 0.114. The topological polar surface area (TPSA) is 87.4 Å². The van der Waals surface area contributed by atoms with E-state index < -0.39 is 17.4 Å². The van der Waals surface area contributed by atoms with Gasteiger partial charge in [0.05, 0.1) is 10.5 Å². The molecule has 8 rings (SSSR count). The number of aromatic nitrogens is 4. The summed E-state index contributed by atoms with van der Waals surface area (Å²) in [5, 5.41) is 16.5. The average Bonchev–Trinajstić information content (AvgIpc) is 3.50. The number of hydrogen-bond acceptors (Lipinski definition) is 5. The molecule has 0 aliphatic carbocycles. The van der Waals surface area contributed by atoms with Crippen LogP contribution < -0.4 is 4.90 Å². The fourth-order valence-electron chi connectivity index (χ4n) is 8.02. The van der Waals surface area contributed by atoms with Gasteiger partial charge < -0.3 is 14.9 Å². The van der Waals surface area contributed by atoms with Crippen LogP contribution >= 0.6 is 34.2 Å². The highest BCUT2D eigenvalue weighted by molar-refractivity contribution is 14.1. The zero-order chi connectivity index (χ0) is 37.0. The van der Waals surface area contributed by atoms with Crippen molar-refractivity contribution in [1.82, 2.24) is 24.6 Å². The molecule has 2 atom stereocenters. The molecule has 0 saturated carbocycles. The van der Waals surface area contributed by atoms with Crippen LogP contribution in [0.25, 0.3) is 32.9 Å². The second kappa shape index (κ2) is 13.7. The van der Waals surface area contributed by atoms with Gasteiger partial charge in [0.1, 0.15) is 26.9 Å². The predicted octanol–water partition coefficient (Wildman–Crippen LogP) is 9.77. The summed E-state index contributed by atoms with van der Waals surface area (Å²) in [7, 11) is 0. The van der Waals surface area contributed by atoms with Crippen molar-refractivity contribution in [2.45, 2.75) is 38.4 Å². The monoisotopic (exact) mass is 836 g/mol. The number of carboxylic acid groups (broad SMARTS) is 1. The number of anilines is 1. The van der Waals surface area contributed by atoms with E-state index in [1.807, 2.05) is 86.3 Å². The Hall–Kier alpha value is -5.07. The molecule has 53 heavy (non-hydrogen) atoms. The molecule has 7 aromatic rings. The summed E-state index contributed by atoms with van der Waals surface area (Å²) in [4.78, 5) is 24.3. The summed E-state index contributed by atoms with van der Waals surface area (Å²) in [5.74, 6) is -0.0388. The van der Waals surface area contributed by atoms with Crippen LogP contribution in [-0.2, 0) is 5.54 Å². The van der Waals surface area contributed by atoms with E-state index in [4.69, 9.17) is 16.7 Å². The summed E-state index contributed by atoms with van der Waals surface area (Å²) in [6.45, 7) is 6.43. The van der Waals surface area contributed by atoms with Gasteiger partial charge in [-0.3, -0.25) is 0 Å². The van der Waals surface area contributed by atoms with E-state index in [1.165, 1.54) is 11.2 Å². The number of benzene rings is 5. The molecule has 0 unspecified atom stereocenters. The van der Waals surface area contributed by atoms with Crippen molar-refractivity contribution < 1.29 is 14.3 Å². The highest BCUT2D eigenvalue weighted by Crippen LogP contribution is 2.47. The van der Waals surface area contributed by atoms with Crippen molar-refractivity contribution in [3.63, 3.8) is 0 Å². The molecule has 3 heterocycles. The molecule has 0 radical (unpaired) electrons. The van der Waals surface area contributed by atoms with Crippen LogP contribution in [0.3, 0.4) is 0 Å². The maximum absolute atomic E-state index is 17.3. The Bertz CT molecular complexity index is 2400. The second-order valence-electron chi connectivity index (χ2n) is 13.6. The van der Waals surface area contributed by atoms with E-state index >= 15 is 4.39 Å². The summed E-state index contributed by atoms with van der Waals surface area (Å²) in [5.41, 5.74) is 4.84. The zero-order valence-corrected chi connectivity index (χ0v) is 32.1. The van der Waals surface area contributed by atoms with Gasteiger partial charge >= 0.3 is 6.09 Å². The Kier molecular flexibility index (Phi) is 9.06. The fourth-order valence-corrected chi connectivity index (χ4v) is 9.07. The van der Waals surface area contributed by atoms with Gasteiger partial charge in [-0.05, 0) is 77.7 Å². The largest absolute Gasteiger partial charge is 0.465 e. The number of amides is 1. The molecule has 0 spiro atoms. The highest BCUT2D eigenvalue weighted by atomic mass is 127. The van der Waals surface area contributed by atoms with E-state index in [2.05, 4.69) is 79.7 Å². The Labute approximate surface area is 325 Å². The first-order chi connectivity index (χ1) is 25.6. The molecular weight excluding hydrogens is 802 g/mol. The fraction of sp³-hybridized carbons (Fsp3) is 0.190. The van der Waals surface area contributed by atoms with E-state index in [-0.39, 0.29) is 34.7 Å². The third-order valence-electron chi connectivity index (χ3n) is 10.5. The van der Waals surface area contributed by atoms with Gasteiger partial charge in [0.15, 0.2) is 5.82 Å². The molecule has 2 aromatic heterocycles. The molecule has 1 N–H and O–H groups in total. The van der Waals surface area contributed by atoms with Crippen molar-refractivity contribution in [3.05, 3.63) is 152 Å². The highest BCUT2D eigenvalue weighted by Gasteiger charge is 2.41. The third-order valence-corrected chi connectivity index (χ3v) is 11.5. The Balaban J connectivity index is 1.37. The Morgan fingerprint density at radius 2 is 1.43 bits per heavy atom. The number of carbonyl (C=O) groups is 1. The lowest BCUT2D eigenvalue weighted by Crippen LogP contribution is -2.58. The molecule has 1 aliphatic heterocycles. The minimum atomic E-state index is -0.966. The summed E-state index contributed by atoms with van der Waals surface area (Å²) in [6, 6.07) is 36.3. The van der Waals surface area contributed by atoms with E-state index in [0.717, 1.165) is 33.2 Å². The van der Waals surface area contributed by atoms with Crippen LogP contribution in [0.15, 0.2) is 116 Å². The minimum Gasteiger partial charge on any atom is -0.465 e. The summed E-state index contributed by atoms with van der Waals surface area (Å²) in [6.07, 6.45) is 0.397. The number of piperazine rings is 1. The normalized spacial score (nSPS) is 16.4. The van der Waals surface area contributed by atoms with Crippen LogP contribution in [0, 0.1) is 16.4 Å². The lowest BCUT2D eigenvalue weighted by atomic mass is 9.77. The number of fused-ring (bicyclic) bond motifs is 2. The molecule has 1 amide bonds. The second-order valence-corrected chi connectivity index (χ2v) is 15.0. The summed E-state index contributed by atoms with van der Waals surface area (Å²) < 4.78 is 20.0. The molecule has 1 fully saturated rings. The summed E-state index contributed by atoms with van der Waals surface area (Å²) >= 11 is 9.42. The Morgan fingerprint density at radius 1 is 0.849 bits per heavy atom. The van der Waals surface area contributed by atoms with Crippen LogP contribution in [0.1, 0.15) is 36.1 Å². The molecule has 8 nitrogen and oxygen atoms in total. The van der Waals surface area contributed by atoms with Gasteiger partial charge in [-0.15, -0.1) is 0 Å². The van der Waals surface area contributed by atoms with Crippen molar-refractivity contribution >= 4 is 67.9 Å². The van der Waals surface area contributed by atoms with Crippen molar-refractivity contribution in [2.24, 2.45) is 0 Å². The van der Waals surface area contributed by atoms with E-state index in [9.17, 15) is 9.90 Å². The van der Waals surface area contributed by atoms with Crippen molar-refractivity contribution in [1.29, 1.82) is 0 Å². The SMILES string of the molecule is Cc1ccc2c(c(I)nn2C(c2ccccc2)(c2ccccc2)c2ccccc2)c1-c1c(Cl)cc2c(N3C[C@@H](C)N(C(=O)O)C[C@@H]3C)ncnc2c1F. The van der Waals surface area contributed by atoms with Crippen LogP contribution in [0.5, 0.6) is 0 Å². The van der Waals surface area contributed by atoms with Gasteiger partial charge in [0, 0.05) is 47.1 Å². The molecule has 1 saturated heterocycles. The minimum absolute atomic E-state index is 0.140. The Morgan fingerprint density at radius 3 is 2.00 bits per heavy atom. The molecule has 0 bridgehead atoms. The quantitative estimate of drug-likeness (QED) is 0.133. The van der Waals surface area contributed by atoms with Crippen LogP contribution in [0.2, 0.25) is 5.02 Å². The number of aryl methyl sites for hydroxylation is 1. The maximum Gasteiger partial charge on any atom is 0.407 e. The zero-order valence-electron chi connectivity index (χ0n) is 29.2. The number of halogens is 3. The first-order valence-corrected chi connectivity index (χ1v) is 18.8. The van der Waals surface area contributed by atoms with Gasteiger partial charge in [-0.25, -0.2) is 23.8 Å². The predicted molar refractivity (Wildman–Crippen MR) is 216 cm³/mol. The molecule has 1 aliphatic rings. The smallest absolute Gasteiger partial charge is 0.407 e. The molecule has 5 aromatic carbocycles. The molecule has 266 valence electrons. The molecular formula is C42H35ClFIN6O2. The number of hydrogen-bond donors (Lipinski definition) is 1. The van der Waals surface area contributed by atoms with Crippen molar-refractivity contribution in [2.75, 3.05) is 18.0 Å². The number of nitrogens with zero attached hydrogens (tertiary/aromatic N) is 6. The van der Waals surface area contributed by atoms with Gasteiger partial charge in [0.25, 0.3) is 0 Å². The van der Waals surface area contributed by atoms with Crippen molar-refractivity contribution in [3.8, 4) is 11.1 Å². The maximum atomic E-state index is 17.3. The standard InChI is InChI=1S/C42H35ClFIN6O2/c1-25-19-20-33-36(39(45)48-51(33)42(28-13-7-4-8-14-28,29-15-9-5-10-16-29)30-17-11-6-12-18-30)34(25)35-32(43)21-31-38(37(35)44)46-24-47-40(31)49-22-27(3)50(41(52)53)23-26(49)2/h4-21,24,26-27H,22-23H2,1-3H3,(H,52,53)/t26-,27+/m0/s1. The first-order valence-electron chi connectivity index (χ1n) is 17.4. The lowest BCUT2D eigenvalue weighted by Gasteiger charge is -2.43. The van der Waals surface area contributed by atoms with E-state index in [0.29, 0.717) is 27.0 Å². The van der Waals surface area contributed by atoms with Crippen LogP contribution in [-0.4, -0.2) is 61.0 Å². The average molecular weight is 837 g/mol. The van der Waals surface area contributed by atoms with Gasteiger partial charge in [-0.1, -0.05) is 109 Å². The van der Waals surface area contributed by atoms with Gasteiger partial charge in [-0.2, -0.15) is 5.10 Å². The molecule has 11 heteroatoms. The number of rotatable bonds is 6. The first kappa shape index (κ1) is 35.0. The third kappa shape index (κ3) is 5.61. The van der Waals surface area contributed by atoms with Crippen LogP contribution in [0.4, 0.5) is 15.0 Å².